The highest BCUT2D eigenvalue weighted by Crippen LogP contribution is 2.36. The molecular weight excluding hydrogens is 420 g/mol. The Hall–Kier alpha value is -3.12. The van der Waals surface area contributed by atoms with Gasteiger partial charge in [-0.1, -0.05) is 61.4 Å². The summed E-state index contributed by atoms with van der Waals surface area (Å²) in [6, 6.07) is 20.1. The molecule has 2 amide bonds. The number of ether oxygens (including phenoxy) is 1. The van der Waals surface area contributed by atoms with E-state index in [2.05, 4.69) is 5.32 Å². The van der Waals surface area contributed by atoms with E-state index in [9.17, 15) is 9.59 Å². The Kier molecular flexibility index (Phi) is 7.22. The lowest BCUT2D eigenvalue weighted by Crippen LogP contribution is -2.47. The zero-order chi connectivity index (χ0) is 22.3. The van der Waals surface area contributed by atoms with Crippen LogP contribution in [-0.2, 0) is 16.0 Å². The summed E-state index contributed by atoms with van der Waals surface area (Å²) in [6.07, 6.45) is 4.41. The third kappa shape index (κ3) is 5.02. The van der Waals surface area contributed by atoms with Crippen molar-refractivity contribution in [2.45, 2.75) is 44.2 Å². The molecule has 0 unspecified atom stereocenters. The number of amides is 2. The molecule has 1 aliphatic carbocycles. The maximum Gasteiger partial charge on any atom is 0.248 e. The summed E-state index contributed by atoms with van der Waals surface area (Å²) in [5.41, 5.74) is 1.36. The first-order valence-corrected chi connectivity index (χ1v) is 11.9. The van der Waals surface area contributed by atoms with Gasteiger partial charge in [0.1, 0.15) is 11.8 Å². The van der Waals surface area contributed by atoms with E-state index in [0.717, 1.165) is 36.1 Å². The predicted molar refractivity (Wildman–Crippen MR) is 128 cm³/mol. The lowest BCUT2D eigenvalue weighted by Gasteiger charge is -2.33. The summed E-state index contributed by atoms with van der Waals surface area (Å²) in [5, 5.41) is 5.16. The van der Waals surface area contributed by atoms with Crippen molar-refractivity contribution < 1.29 is 14.3 Å². The lowest BCUT2D eigenvalue weighted by molar-refractivity contribution is -0.127. The van der Waals surface area contributed by atoms with E-state index >= 15 is 0 Å². The second kappa shape index (κ2) is 10.5. The van der Waals surface area contributed by atoms with E-state index < -0.39 is 6.04 Å². The van der Waals surface area contributed by atoms with E-state index in [1.807, 2.05) is 72.1 Å². The van der Waals surface area contributed by atoms with E-state index in [0.29, 0.717) is 11.4 Å². The number of hydrogen-bond donors (Lipinski definition) is 1. The van der Waals surface area contributed by atoms with Crippen LogP contribution < -0.4 is 15.0 Å². The van der Waals surface area contributed by atoms with Crippen molar-refractivity contribution in [1.29, 1.82) is 0 Å². The van der Waals surface area contributed by atoms with Crippen LogP contribution in [0, 0.1) is 0 Å². The van der Waals surface area contributed by atoms with Crippen LogP contribution in [0.4, 0.5) is 5.69 Å². The molecule has 0 saturated heterocycles. The summed E-state index contributed by atoms with van der Waals surface area (Å²) in [7, 11) is 1.58. The standard InChI is InChI=1S/C26H28N2O3S/c1-31-23-16-8-7-15-22(23)28(24(29)18-21-14-9-17-32-21)25(19-10-3-2-4-11-19)26(30)27-20-12-5-6-13-20/h2-4,7-11,14-17,20,25H,5-6,12-13,18H2,1H3,(H,27,30)/t25-/m0/s1. The molecule has 6 heteroatoms. The van der Waals surface area contributed by atoms with Gasteiger partial charge in [0.2, 0.25) is 11.8 Å². The minimum atomic E-state index is -0.791. The number of nitrogens with one attached hydrogen (secondary N) is 1. The zero-order valence-corrected chi connectivity index (χ0v) is 19.0. The number of para-hydroxylation sites is 2. The molecule has 4 rings (SSSR count). The van der Waals surface area contributed by atoms with Gasteiger partial charge in [0.25, 0.3) is 0 Å². The number of benzene rings is 2. The van der Waals surface area contributed by atoms with E-state index in [1.54, 1.807) is 12.0 Å². The maximum atomic E-state index is 13.7. The van der Waals surface area contributed by atoms with Gasteiger partial charge in [0, 0.05) is 10.9 Å². The topological polar surface area (TPSA) is 58.6 Å². The van der Waals surface area contributed by atoms with Gasteiger partial charge in [-0.05, 0) is 42.0 Å². The first-order valence-electron chi connectivity index (χ1n) is 11.0. The summed E-state index contributed by atoms with van der Waals surface area (Å²) < 4.78 is 5.59. The number of methoxy groups -OCH3 is 1. The fourth-order valence-electron chi connectivity index (χ4n) is 4.30. The highest BCUT2D eigenvalue weighted by molar-refractivity contribution is 7.10. The van der Waals surface area contributed by atoms with Crippen LogP contribution >= 0.6 is 11.3 Å². The first-order chi connectivity index (χ1) is 15.7. The second-order valence-electron chi connectivity index (χ2n) is 7.99. The minimum absolute atomic E-state index is 0.146. The van der Waals surface area contributed by atoms with E-state index in [4.69, 9.17) is 4.74 Å². The van der Waals surface area contributed by atoms with Crippen LogP contribution in [0.15, 0.2) is 72.1 Å². The average Bonchev–Trinajstić information content (AvgIpc) is 3.52. The molecule has 5 nitrogen and oxygen atoms in total. The Labute approximate surface area is 193 Å². The summed E-state index contributed by atoms with van der Waals surface area (Å²) in [5.74, 6) is 0.252. The van der Waals surface area contributed by atoms with Crippen molar-refractivity contribution in [3.05, 3.63) is 82.6 Å². The quantitative estimate of drug-likeness (QED) is 0.520. The molecule has 1 aliphatic rings. The molecule has 32 heavy (non-hydrogen) atoms. The predicted octanol–water partition coefficient (Wildman–Crippen LogP) is 5.13. The van der Waals surface area contributed by atoms with Gasteiger partial charge >= 0.3 is 0 Å². The molecule has 3 aromatic rings. The van der Waals surface area contributed by atoms with Crippen LogP contribution in [0.5, 0.6) is 5.75 Å². The van der Waals surface area contributed by atoms with Crippen molar-refractivity contribution >= 4 is 28.8 Å². The summed E-state index contributed by atoms with van der Waals surface area (Å²) in [6.45, 7) is 0. The average molecular weight is 449 g/mol. The fourth-order valence-corrected chi connectivity index (χ4v) is 4.99. The van der Waals surface area contributed by atoms with Crippen LogP contribution in [0.3, 0.4) is 0 Å². The first kappa shape index (κ1) is 22.1. The molecule has 2 aromatic carbocycles. The van der Waals surface area contributed by atoms with E-state index in [1.165, 1.54) is 11.3 Å². The molecule has 0 aliphatic heterocycles. The number of carbonyl (C=O) groups excluding carboxylic acids is 2. The number of carbonyl (C=O) groups is 2. The highest BCUT2D eigenvalue weighted by Gasteiger charge is 2.35. The van der Waals surface area contributed by atoms with Crippen LogP contribution in [0.1, 0.15) is 42.2 Å². The van der Waals surface area contributed by atoms with Crippen molar-refractivity contribution in [3.63, 3.8) is 0 Å². The monoisotopic (exact) mass is 448 g/mol. The Morgan fingerprint density at radius 1 is 1.03 bits per heavy atom. The Morgan fingerprint density at radius 3 is 2.44 bits per heavy atom. The van der Waals surface area contributed by atoms with Crippen molar-refractivity contribution in [1.82, 2.24) is 5.32 Å². The maximum absolute atomic E-state index is 13.7. The van der Waals surface area contributed by atoms with Crippen molar-refractivity contribution in [2.24, 2.45) is 0 Å². The third-order valence-electron chi connectivity index (χ3n) is 5.84. The van der Waals surface area contributed by atoms with E-state index in [-0.39, 0.29) is 24.3 Å². The SMILES string of the molecule is COc1ccccc1N(C(=O)Cc1cccs1)[C@H](C(=O)NC1CCCC1)c1ccccc1. The molecule has 1 aromatic heterocycles. The molecule has 166 valence electrons. The molecule has 1 N–H and O–H groups in total. The van der Waals surface area contributed by atoms with Gasteiger partial charge in [0.15, 0.2) is 0 Å². The third-order valence-corrected chi connectivity index (χ3v) is 6.72. The Bertz CT molecular complexity index is 1030. The molecule has 0 bridgehead atoms. The molecular formula is C26H28N2O3S. The number of thiophene rings is 1. The van der Waals surface area contributed by atoms with Gasteiger partial charge < -0.3 is 10.1 Å². The molecule has 1 heterocycles. The molecule has 1 fully saturated rings. The Morgan fingerprint density at radius 2 is 1.75 bits per heavy atom. The second-order valence-corrected chi connectivity index (χ2v) is 9.03. The number of hydrogen-bond acceptors (Lipinski definition) is 4. The molecule has 0 radical (unpaired) electrons. The minimum Gasteiger partial charge on any atom is -0.495 e. The zero-order valence-electron chi connectivity index (χ0n) is 18.2. The molecule has 1 saturated carbocycles. The largest absolute Gasteiger partial charge is 0.495 e. The molecule has 0 spiro atoms. The van der Waals surface area contributed by atoms with Crippen molar-refractivity contribution in [3.8, 4) is 5.75 Å². The number of rotatable bonds is 8. The smallest absolute Gasteiger partial charge is 0.248 e. The number of anilines is 1. The lowest BCUT2D eigenvalue weighted by atomic mass is 10.0. The van der Waals surface area contributed by atoms with Gasteiger partial charge in [-0.3, -0.25) is 14.5 Å². The number of nitrogens with zero attached hydrogens (tertiary/aromatic N) is 1. The van der Waals surface area contributed by atoms with Crippen molar-refractivity contribution in [2.75, 3.05) is 12.0 Å². The summed E-state index contributed by atoms with van der Waals surface area (Å²) in [4.78, 5) is 30.0. The van der Waals surface area contributed by atoms with Crippen LogP contribution in [0.2, 0.25) is 0 Å². The van der Waals surface area contributed by atoms with Gasteiger partial charge in [-0.25, -0.2) is 0 Å². The van der Waals surface area contributed by atoms with Crippen LogP contribution in [0.25, 0.3) is 0 Å². The molecule has 1 atom stereocenters. The Balaban J connectivity index is 1.77. The summed E-state index contributed by atoms with van der Waals surface area (Å²) >= 11 is 1.54. The highest BCUT2D eigenvalue weighted by atomic mass is 32.1. The normalized spacial score (nSPS) is 14.7. The van der Waals surface area contributed by atoms with Gasteiger partial charge in [-0.2, -0.15) is 0 Å². The van der Waals surface area contributed by atoms with Gasteiger partial charge in [-0.15, -0.1) is 11.3 Å². The van der Waals surface area contributed by atoms with Crippen LogP contribution in [-0.4, -0.2) is 25.0 Å². The fraction of sp³-hybridized carbons (Fsp3) is 0.308. The van der Waals surface area contributed by atoms with Gasteiger partial charge in [0.05, 0.1) is 19.2 Å².